The van der Waals surface area contributed by atoms with Crippen LogP contribution in [0.4, 0.5) is 0 Å². The van der Waals surface area contributed by atoms with E-state index >= 15 is 0 Å². The number of allylic oxidation sites excluding steroid dienone is 1. The highest BCUT2D eigenvalue weighted by molar-refractivity contribution is 5.58. The molecule has 6 nitrogen and oxygen atoms in total. The first kappa shape index (κ1) is 19.7. The van der Waals surface area contributed by atoms with Crippen LogP contribution in [0.1, 0.15) is 43.7 Å². The van der Waals surface area contributed by atoms with E-state index in [4.69, 9.17) is 9.47 Å². The van der Waals surface area contributed by atoms with Gasteiger partial charge in [-0.1, -0.05) is 19.9 Å². The molecule has 1 aromatic carbocycles. The number of hydrogen-bond acceptors (Lipinski definition) is 5. The van der Waals surface area contributed by atoms with Gasteiger partial charge in [0.25, 0.3) is 0 Å². The molecule has 1 saturated heterocycles. The maximum absolute atomic E-state index is 12.1. The third-order valence-electron chi connectivity index (χ3n) is 5.76. The molecule has 0 saturated carbocycles. The Morgan fingerprint density at radius 3 is 2.63 bits per heavy atom. The standard InChI is InChI=1S/C21H31N3O3/c1-5-23-21(6-8-22-9-7-21)19-10-15(2)20-16(13-24(19)14-25)11-17(26-3)12-18(20)27-4/h10-12,14-15,22-23H,5-9,13H2,1-4H3/t15-/m0/s1. The number of nitrogens with zero attached hydrogens (tertiary/aromatic N) is 1. The van der Waals surface area contributed by atoms with Crippen molar-refractivity contribution in [2.75, 3.05) is 33.9 Å². The van der Waals surface area contributed by atoms with Crippen LogP contribution in [0.15, 0.2) is 23.9 Å². The smallest absolute Gasteiger partial charge is 0.214 e. The minimum absolute atomic E-state index is 0.131. The molecule has 2 aliphatic heterocycles. The summed E-state index contributed by atoms with van der Waals surface area (Å²) in [6.45, 7) is 7.55. The van der Waals surface area contributed by atoms with Crippen LogP contribution in [0.25, 0.3) is 0 Å². The Morgan fingerprint density at radius 1 is 1.30 bits per heavy atom. The first-order valence-corrected chi connectivity index (χ1v) is 9.73. The van der Waals surface area contributed by atoms with E-state index in [0.717, 1.165) is 67.2 Å². The minimum atomic E-state index is -0.186. The van der Waals surface area contributed by atoms with Gasteiger partial charge in [-0.05, 0) is 44.1 Å². The summed E-state index contributed by atoms with van der Waals surface area (Å²) < 4.78 is 11.1. The molecule has 0 aliphatic carbocycles. The Hall–Kier alpha value is -2.05. The van der Waals surface area contributed by atoms with Gasteiger partial charge in [0.2, 0.25) is 6.41 Å². The summed E-state index contributed by atoms with van der Waals surface area (Å²) in [5, 5.41) is 7.13. The lowest BCUT2D eigenvalue weighted by atomic mass is 9.82. The largest absolute Gasteiger partial charge is 0.497 e. The number of carbonyl (C=O) groups is 1. The maximum atomic E-state index is 12.1. The molecule has 6 heteroatoms. The molecule has 1 amide bonds. The lowest BCUT2D eigenvalue weighted by molar-refractivity contribution is -0.117. The van der Waals surface area contributed by atoms with Gasteiger partial charge in [-0.25, -0.2) is 0 Å². The van der Waals surface area contributed by atoms with Gasteiger partial charge in [0, 0.05) is 23.2 Å². The highest BCUT2D eigenvalue weighted by atomic mass is 16.5. The predicted molar refractivity (Wildman–Crippen MR) is 106 cm³/mol. The summed E-state index contributed by atoms with van der Waals surface area (Å²) in [5.74, 6) is 1.68. The van der Waals surface area contributed by atoms with Crippen molar-refractivity contribution >= 4 is 6.41 Å². The minimum Gasteiger partial charge on any atom is -0.497 e. The molecule has 0 unspecified atom stereocenters. The quantitative estimate of drug-likeness (QED) is 0.750. The Morgan fingerprint density at radius 2 is 2.04 bits per heavy atom. The molecule has 2 heterocycles. The van der Waals surface area contributed by atoms with E-state index in [2.05, 4.69) is 30.6 Å². The van der Waals surface area contributed by atoms with Crippen molar-refractivity contribution in [3.8, 4) is 11.5 Å². The number of piperidine rings is 1. The molecule has 3 rings (SSSR count). The summed E-state index contributed by atoms with van der Waals surface area (Å²) in [6.07, 6.45) is 5.12. The van der Waals surface area contributed by atoms with Crippen LogP contribution in [0.5, 0.6) is 11.5 Å². The highest BCUT2D eigenvalue weighted by Crippen LogP contribution is 2.41. The monoisotopic (exact) mass is 373 g/mol. The summed E-state index contributed by atoms with van der Waals surface area (Å²) in [5.41, 5.74) is 3.08. The molecule has 27 heavy (non-hydrogen) atoms. The Balaban J connectivity index is 2.10. The van der Waals surface area contributed by atoms with Crippen molar-refractivity contribution in [2.45, 2.75) is 44.7 Å². The zero-order valence-corrected chi connectivity index (χ0v) is 16.8. The number of fused-ring (bicyclic) bond motifs is 1. The van der Waals surface area contributed by atoms with E-state index in [1.54, 1.807) is 14.2 Å². The van der Waals surface area contributed by atoms with Crippen molar-refractivity contribution in [1.29, 1.82) is 0 Å². The van der Waals surface area contributed by atoms with E-state index < -0.39 is 0 Å². The van der Waals surface area contributed by atoms with Gasteiger partial charge in [-0.2, -0.15) is 0 Å². The van der Waals surface area contributed by atoms with Gasteiger partial charge in [0.15, 0.2) is 0 Å². The van der Waals surface area contributed by atoms with Gasteiger partial charge < -0.3 is 25.0 Å². The summed E-state index contributed by atoms with van der Waals surface area (Å²) in [6, 6.07) is 3.94. The molecule has 0 bridgehead atoms. The molecule has 2 aliphatic rings. The van der Waals surface area contributed by atoms with Crippen LogP contribution >= 0.6 is 0 Å². The van der Waals surface area contributed by atoms with Crippen molar-refractivity contribution in [1.82, 2.24) is 15.5 Å². The van der Waals surface area contributed by atoms with E-state index in [9.17, 15) is 4.79 Å². The molecule has 1 atom stereocenters. The van der Waals surface area contributed by atoms with Gasteiger partial charge >= 0.3 is 0 Å². The Bertz CT molecular complexity index is 705. The van der Waals surface area contributed by atoms with Crippen LogP contribution in [0.2, 0.25) is 0 Å². The number of likely N-dealkylation sites (N-methyl/N-ethyl adjacent to an activating group) is 1. The summed E-state index contributed by atoms with van der Waals surface area (Å²) in [7, 11) is 3.33. The second-order valence-corrected chi connectivity index (χ2v) is 7.34. The van der Waals surface area contributed by atoms with E-state index in [1.807, 2.05) is 17.0 Å². The number of rotatable bonds is 6. The number of hydrogen-bond donors (Lipinski definition) is 2. The lowest BCUT2D eigenvalue weighted by Crippen LogP contribution is -2.56. The molecule has 148 valence electrons. The normalized spacial score (nSPS) is 21.7. The second kappa shape index (κ2) is 8.31. The van der Waals surface area contributed by atoms with Crippen LogP contribution in [-0.2, 0) is 11.3 Å². The Labute approximate surface area is 161 Å². The zero-order chi connectivity index (χ0) is 19.4. The third kappa shape index (κ3) is 3.69. The first-order valence-electron chi connectivity index (χ1n) is 9.73. The van der Waals surface area contributed by atoms with Crippen molar-refractivity contribution in [3.05, 3.63) is 35.0 Å². The Kier molecular flexibility index (Phi) is 6.07. The molecule has 1 aromatic rings. The van der Waals surface area contributed by atoms with Gasteiger partial charge in [-0.3, -0.25) is 4.79 Å². The molecule has 2 N–H and O–H groups in total. The summed E-state index contributed by atoms with van der Waals surface area (Å²) in [4.78, 5) is 14.0. The van der Waals surface area contributed by atoms with Gasteiger partial charge in [0.05, 0.1) is 26.3 Å². The van der Waals surface area contributed by atoms with Crippen LogP contribution in [-0.4, -0.2) is 50.7 Å². The molecule has 0 spiro atoms. The number of carbonyl (C=O) groups excluding carboxylic acids is 1. The number of nitrogens with one attached hydrogen (secondary N) is 2. The highest BCUT2D eigenvalue weighted by Gasteiger charge is 2.39. The fourth-order valence-corrected chi connectivity index (χ4v) is 4.52. The average Bonchev–Trinajstić information content (AvgIpc) is 2.84. The van der Waals surface area contributed by atoms with Crippen LogP contribution in [0.3, 0.4) is 0 Å². The number of ether oxygens (including phenoxy) is 2. The first-order chi connectivity index (χ1) is 13.1. The zero-order valence-electron chi connectivity index (χ0n) is 16.8. The van der Waals surface area contributed by atoms with E-state index in [-0.39, 0.29) is 11.5 Å². The molecule has 1 fully saturated rings. The molecular formula is C21H31N3O3. The van der Waals surface area contributed by atoms with Crippen molar-refractivity contribution in [3.63, 3.8) is 0 Å². The summed E-state index contributed by atoms with van der Waals surface area (Å²) >= 11 is 0. The number of benzene rings is 1. The van der Waals surface area contributed by atoms with Gasteiger partial charge in [0.1, 0.15) is 11.5 Å². The molecular weight excluding hydrogens is 342 g/mol. The third-order valence-corrected chi connectivity index (χ3v) is 5.76. The van der Waals surface area contributed by atoms with E-state index in [0.29, 0.717) is 6.54 Å². The number of methoxy groups -OCH3 is 2. The number of amides is 1. The second-order valence-electron chi connectivity index (χ2n) is 7.34. The van der Waals surface area contributed by atoms with Gasteiger partial charge in [-0.15, -0.1) is 0 Å². The average molecular weight is 373 g/mol. The fourth-order valence-electron chi connectivity index (χ4n) is 4.52. The fraction of sp³-hybridized carbons (Fsp3) is 0.571. The van der Waals surface area contributed by atoms with Crippen molar-refractivity contribution in [2.24, 2.45) is 0 Å². The van der Waals surface area contributed by atoms with Crippen molar-refractivity contribution < 1.29 is 14.3 Å². The topological polar surface area (TPSA) is 62.8 Å². The molecule has 0 aromatic heterocycles. The van der Waals surface area contributed by atoms with Crippen LogP contribution in [0, 0.1) is 0 Å². The molecule has 0 radical (unpaired) electrons. The van der Waals surface area contributed by atoms with E-state index in [1.165, 1.54) is 0 Å². The lowest BCUT2D eigenvalue weighted by Gasteiger charge is -2.43. The SMILES string of the molecule is CCNC1(C2=C[C@H](C)c3c(cc(OC)cc3OC)CN2C=O)CCNCC1. The predicted octanol–water partition coefficient (Wildman–Crippen LogP) is 2.39. The maximum Gasteiger partial charge on any atom is 0.214 e. The van der Waals surface area contributed by atoms with Crippen LogP contribution < -0.4 is 20.1 Å².